The van der Waals surface area contributed by atoms with Crippen molar-refractivity contribution < 1.29 is 53.8 Å². The molecule has 6 unspecified atom stereocenters. The highest BCUT2D eigenvalue weighted by molar-refractivity contribution is 5.73. The van der Waals surface area contributed by atoms with Crippen LogP contribution in [0.15, 0.2) is 36.5 Å². The van der Waals surface area contributed by atoms with Crippen LogP contribution in [-0.2, 0) is 33.3 Å². The Labute approximate surface area is 357 Å². The Morgan fingerprint density at radius 2 is 0.949 bits per heavy atom. The van der Waals surface area contributed by atoms with Gasteiger partial charge in [0, 0.05) is 12.8 Å². The highest BCUT2D eigenvalue weighted by Crippen LogP contribution is 2.23. The zero-order valence-electron chi connectivity index (χ0n) is 37.0. The quantitative estimate of drug-likeness (QED) is 0.0264. The molecule has 0 amide bonds. The number of hydrogen-bond acceptors (Lipinski definition) is 10. The Bertz CT molecular complexity index is 1120. The second-order valence-electron chi connectivity index (χ2n) is 16.2. The van der Waals surface area contributed by atoms with E-state index in [4.69, 9.17) is 18.9 Å². The largest absolute Gasteiger partial charge is 0.479 e. The maximum atomic E-state index is 12.8. The molecular weight excluding hydrogens is 753 g/mol. The van der Waals surface area contributed by atoms with Gasteiger partial charge >= 0.3 is 17.9 Å². The number of carboxylic acids is 1. The molecule has 1 saturated heterocycles. The first-order chi connectivity index (χ1) is 28.7. The molecule has 342 valence electrons. The minimum absolute atomic E-state index is 0.175. The third-order valence-electron chi connectivity index (χ3n) is 10.7. The molecule has 0 aromatic heterocycles. The number of aliphatic carboxylic acids is 1. The van der Waals surface area contributed by atoms with E-state index in [9.17, 15) is 34.8 Å². The summed E-state index contributed by atoms with van der Waals surface area (Å²) in [5, 5.41) is 39.8. The minimum Gasteiger partial charge on any atom is -0.479 e. The van der Waals surface area contributed by atoms with Gasteiger partial charge in [0.05, 0.1) is 6.61 Å². The molecule has 11 nitrogen and oxygen atoms in total. The number of esters is 2. The van der Waals surface area contributed by atoms with Crippen molar-refractivity contribution >= 4 is 17.9 Å². The molecule has 0 spiro atoms. The normalized spacial score (nSPS) is 20.2. The number of carbonyl (C=O) groups excluding carboxylic acids is 2. The fourth-order valence-electron chi connectivity index (χ4n) is 6.96. The Morgan fingerprint density at radius 1 is 0.525 bits per heavy atom. The lowest BCUT2D eigenvalue weighted by Gasteiger charge is -2.38. The molecule has 11 heteroatoms. The van der Waals surface area contributed by atoms with Crippen LogP contribution in [0.1, 0.15) is 200 Å². The maximum absolute atomic E-state index is 12.8. The predicted molar refractivity (Wildman–Crippen MR) is 234 cm³/mol. The Balaban J connectivity index is 2.36. The third-order valence-corrected chi connectivity index (χ3v) is 10.7. The van der Waals surface area contributed by atoms with Crippen molar-refractivity contribution in [1.82, 2.24) is 0 Å². The average Bonchev–Trinajstić information content (AvgIpc) is 3.22. The van der Waals surface area contributed by atoms with E-state index < -0.39 is 61.3 Å². The zero-order chi connectivity index (χ0) is 43.2. The highest BCUT2D eigenvalue weighted by Gasteiger charge is 2.47. The summed E-state index contributed by atoms with van der Waals surface area (Å²) in [5.41, 5.74) is 0. The van der Waals surface area contributed by atoms with Gasteiger partial charge < -0.3 is 39.4 Å². The van der Waals surface area contributed by atoms with Crippen molar-refractivity contribution in [3.05, 3.63) is 36.5 Å². The molecule has 1 aliphatic heterocycles. The number of hydrogen-bond donors (Lipinski definition) is 4. The van der Waals surface area contributed by atoms with Crippen LogP contribution in [0.4, 0.5) is 0 Å². The van der Waals surface area contributed by atoms with Gasteiger partial charge in [0.15, 0.2) is 18.5 Å². The first-order valence-electron chi connectivity index (χ1n) is 23.5. The molecule has 1 fully saturated rings. The fraction of sp³-hybridized carbons (Fsp3) is 0.812. The molecule has 0 radical (unpaired) electrons. The van der Waals surface area contributed by atoms with Gasteiger partial charge in [0.2, 0.25) is 0 Å². The zero-order valence-corrected chi connectivity index (χ0v) is 37.0. The van der Waals surface area contributed by atoms with Gasteiger partial charge in [0.25, 0.3) is 0 Å². The topological polar surface area (TPSA) is 169 Å². The van der Waals surface area contributed by atoms with E-state index in [2.05, 4.69) is 50.3 Å². The summed E-state index contributed by atoms with van der Waals surface area (Å²) in [6.07, 6.45) is 34.7. The minimum atomic E-state index is -1.86. The van der Waals surface area contributed by atoms with Crippen molar-refractivity contribution in [3.8, 4) is 0 Å². The summed E-state index contributed by atoms with van der Waals surface area (Å²) in [6, 6.07) is 0. The van der Waals surface area contributed by atoms with E-state index >= 15 is 0 Å². The number of aliphatic hydroxyl groups excluding tert-OH is 3. The van der Waals surface area contributed by atoms with Crippen LogP contribution in [0, 0.1) is 0 Å². The molecule has 59 heavy (non-hydrogen) atoms. The summed E-state index contributed by atoms with van der Waals surface area (Å²) in [7, 11) is 0. The van der Waals surface area contributed by atoms with Gasteiger partial charge in [-0.05, 0) is 70.6 Å². The van der Waals surface area contributed by atoms with E-state index in [1.54, 1.807) is 0 Å². The number of rotatable bonds is 39. The molecule has 0 aliphatic carbocycles. The first kappa shape index (κ1) is 54.4. The van der Waals surface area contributed by atoms with Crippen LogP contribution in [0.5, 0.6) is 0 Å². The smallest absolute Gasteiger partial charge is 0.335 e. The van der Waals surface area contributed by atoms with Crippen molar-refractivity contribution in [2.75, 3.05) is 13.2 Å². The van der Waals surface area contributed by atoms with Gasteiger partial charge in [0.1, 0.15) is 24.9 Å². The standard InChI is InChI=1S/C48H84O11/c1-3-5-7-9-11-13-15-17-19-21-23-25-27-29-31-33-35-37-42(50)58-40(39-57-48-45(53)43(51)44(52)46(59-48)47(54)55)38-56-41(49)36-34-32-30-28-26-24-22-20-18-16-14-12-10-8-6-4-2/h14,16-17,19-20,22,40,43-46,48,51-53H,3-13,15,18,21,23-39H2,1-2H3,(H,54,55)/b16-14-,19-17-,22-20-. The number of allylic oxidation sites excluding steroid dienone is 6. The molecular formula is C48H84O11. The van der Waals surface area contributed by atoms with Crippen molar-refractivity contribution in [2.45, 2.75) is 237 Å². The van der Waals surface area contributed by atoms with Crippen LogP contribution in [0.3, 0.4) is 0 Å². The Hall–Kier alpha value is -2.57. The molecule has 0 aromatic rings. The number of aliphatic hydroxyl groups is 3. The molecule has 0 saturated carbocycles. The molecule has 1 heterocycles. The SMILES string of the molecule is CCCCCC/C=C\C/C=C\CCCCCCCC(=O)OCC(COC1OC(C(=O)O)C(O)C(O)C1O)OC(=O)CCCCCCCCC/C=C\CCCCCCCC. The van der Waals surface area contributed by atoms with Crippen LogP contribution < -0.4 is 0 Å². The van der Waals surface area contributed by atoms with E-state index in [-0.39, 0.29) is 19.4 Å². The third kappa shape index (κ3) is 30.2. The van der Waals surface area contributed by atoms with Crippen molar-refractivity contribution in [1.29, 1.82) is 0 Å². The van der Waals surface area contributed by atoms with E-state index in [1.807, 2.05) is 0 Å². The summed E-state index contributed by atoms with van der Waals surface area (Å²) in [4.78, 5) is 36.9. The van der Waals surface area contributed by atoms with Crippen molar-refractivity contribution in [2.24, 2.45) is 0 Å². The Morgan fingerprint density at radius 3 is 1.44 bits per heavy atom. The number of ether oxygens (including phenoxy) is 4. The lowest BCUT2D eigenvalue weighted by Crippen LogP contribution is -2.60. The van der Waals surface area contributed by atoms with E-state index in [0.717, 1.165) is 70.6 Å². The fourth-order valence-corrected chi connectivity index (χ4v) is 6.96. The average molecular weight is 837 g/mol. The van der Waals surface area contributed by atoms with Gasteiger partial charge in [-0.15, -0.1) is 0 Å². The summed E-state index contributed by atoms with van der Waals surface area (Å²) >= 11 is 0. The molecule has 6 atom stereocenters. The number of carbonyl (C=O) groups is 3. The highest BCUT2D eigenvalue weighted by atomic mass is 16.7. The summed E-state index contributed by atoms with van der Waals surface area (Å²) < 4.78 is 21.7. The molecule has 0 bridgehead atoms. The molecule has 0 aromatic carbocycles. The van der Waals surface area contributed by atoms with Crippen LogP contribution in [0.2, 0.25) is 0 Å². The predicted octanol–water partition coefficient (Wildman–Crippen LogP) is 10.4. The lowest BCUT2D eigenvalue weighted by molar-refractivity contribution is -0.298. The first-order valence-corrected chi connectivity index (χ1v) is 23.5. The van der Waals surface area contributed by atoms with Gasteiger partial charge in [-0.25, -0.2) is 4.79 Å². The Kier molecular flexibility index (Phi) is 35.4. The summed E-state index contributed by atoms with van der Waals surface area (Å²) in [6.45, 7) is 3.78. The summed E-state index contributed by atoms with van der Waals surface area (Å²) in [5.74, 6) is -2.46. The second-order valence-corrected chi connectivity index (χ2v) is 16.2. The monoisotopic (exact) mass is 837 g/mol. The van der Waals surface area contributed by atoms with Gasteiger partial charge in [-0.2, -0.15) is 0 Å². The molecule has 1 aliphatic rings. The van der Waals surface area contributed by atoms with Crippen LogP contribution >= 0.6 is 0 Å². The van der Waals surface area contributed by atoms with E-state index in [1.165, 1.54) is 89.9 Å². The number of carboxylic acid groups (broad SMARTS) is 1. The second kappa shape index (κ2) is 38.4. The van der Waals surface area contributed by atoms with E-state index in [0.29, 0.717) is 12.8 Å². The molecule has 1 rings (SSSR count). The van der Waals surface area contributed by atoms with Crippen LogP contribution in [0.25, 0.3) is 0 Å². The van der Waals surface area contributed by atoms with Crippen molar-refractivity contribution in [3.63, 3.8) is 0 Å². The van der Waals surface area contributed by atoms with Crippen LogP contribution in [-0.4, -0.2) is 88.4 Å². The van der Waals surface area contributed by atoms with Gasteiger partial charge in [-0.1, -0.05) is 153 Å². The van der Waals surface area contributed by atoms with Gasteiger partial charge in [-0.3, -0.25) is 9.59 Å². The number of unbranched alkanes of at least 4 members (excludes halogenated alkanes) is 22. The maximum Gasteiger partial charge on any atom is 0.335 e. The lowest BCUT2D eigenvalue weighted by atomic mass is 9.99. The molecule has 4 N–H and O–H groups in total.